The molecule has 0 unspecified atom stereocenters. The summed E-state index contributed by atoms with van der Waals surface area (Å²) in [6.45, 7) is 3.61. The molecule has 0 aliphatic rings. The van der Waals surface area contributed by atoms with E-state index in [-0.39, 0.29) is 17.6 Å². The summed E-state index contributed by atoms with van der Waals surface area (Å²) < 4.78 is 0. The Hall–Kier alpha value is -1.83. The number of thioether (sulfide) groups is 1. The van der Waals surface area contributed by atoms with E-state index in [1.807, 2.05) is 0 Å². The normalized spacial score (nSPS) is 10.2. The SMILES string of the molecule is CC(C)NC(=O)NC(=O)CSc1nccnc1N. The Morgan fingerprint density at radius 2 is 2.06 bits per heavy atom. The molecule has 0 saturated carbocycles. The molecule has 7 nitrogen and oxygen atoms in total. The highest BCUT2D eigenvalue weighted by atomic mass is 32.2. The van der Waals surface area contributed by atoms with Crippen LogP contribution in [-0.2, 0) is 4.79 Å². The summed E-state index contributed by atoms with van der Waals surface area (Å²) in [6.07, 6.45) is 2.96. The largest absolute Gasteiger partial charge is 0.381 e. The highest BCUT2D eigenvalue weighted by Crippen LogP contribution is 2.18. The Morgan fingerprint density at radius 3 is 2.67 bits per heavy atom. The highest BCUT2D eigenvalue weighted by Gasteiger charge is 2.10. The van der Waals surface area contributed by atoms with E-state index in [1.54, 1.807) is 13.8 Å². The molecule has 0 spiro atoms. The van der Waals surface area contributed by atoms with Crippen LogP contribution in [0.3, 0.4) is 0 Å². The molecule has 0 bridgehead atoms. The summed E-state index contributed by atoms with van der Waals surface area (Å²) in [5.41, 5.74) is 5.57. The van der Waals surface area contributed by atoms with Gasteiger partial charge in [0.1, 0.15) is 5.03 Å². The van der Waals surface area contributed by atoms with Crippen LogP contribution >= 0.6 is 11.8 Å². The number of nitrogens with one attached hydrogen (secondary N) is 2. The predicted molar refractivity (Wildman–Crippen MR) is 69.0 cm³/mol. The van der Waals surface area contributed by atoms with Gasteiger partial charge in [0.15, 0.2) is 5.82 Å². The number of amides is 3. The van der Waals surface area contributed by atoms with Crippen molar-refractivity contribution in [2.45, 2.75) is 24.9 Å². The first-order chi connectivity index (χ1) is 8.49. The van der Waals surface area contributed by atoms with Gasteiger partial charge in [-0.15, -0.1) is 0 Å². The number of anilines is 1. The monoisotopic (exact) mass is 269 g/mol. The van der Waals surface area contributed by atoms with Gasteiger partial charge in [0.05, 0.1) is 5.75 Å². The molecular formula is C10H15N5O2S. The van der Waals surface area contributed by atoms with Gasteiger partial charge in [0.2, 0.25) is 5.91 Å². The van der Waals surface area contributed by atoms with Crippen LogP contribution in [0, 0.1) is 0 Å². The number of imide groups is 1. The van der Waals surface area contributed by atoms with Crippen molar-refractivity contribution in [3.05, 3.63) is 12.4 Å². The average Bonchev–Trinajstić information content (AvgIpc) is 2.26. The Balaban J connectivity index is 2.38. The zero-order chi connectivity index (χ0) is 13.5. The molecule has 0 aliphatic heterocycles. The molecule has 1 rings (SSSR count). The van der Waals surface area contributed by atoms with Gasteiger partial charge in [-0.2, -0.15) is 0 Å². The first-order valence-electron chi connectivity index (χ1n) is 5.28. The number of aromatic nitrogens is 2. The van der Waals surface area contributed by atoms with Gasteiger partial charge in [0, 0.05) is 18.4 Å². The lowest BCUT2D eigenvalue weighted by Crippen LogP contribution is -2.43. The van der Waals surface area contributed by atoms with E-state index in [0.29, 0.717) is 5.03 Å². The summed E-state index contributed by atoms with van der Waals surface area (Å²) in [5, 5.41) is 5.22. The number of nitrogens with zero attached hydrogens (tertiary/aromatic N) is 2. The van der Waals surface area contributed by atoms with Gasteiger partial charge >= 0.3 is 6.03 Å². The van der Waals surface area contributed by atoms with Crippen molar-refractivity contribution in [3.8, 4) is 0 Å². The van der Waals surface area contributed by atoms with Crippen molar-refractivity contribution in [2.75, 3.05) is 11.5 Å². The minimum Gasteiger partial charge on any atom is -0.381 e. The Labute approximate surface area is 109 Å². The number of carbonyl (C=O) groups is 2. The molecule has 0 aliphatic carbocycles. The van der Waals surface area contributed by atoms with Crippen molar-refractivity contribution in [1.29, 1.82) is 0 Å². The summed E-state index contributed by atoms with van der Waals surface area (Å²) in [5.74, 6) is -0.0980. The zero-order valence-electron chi connectivity index (χ0n) is 10.1. The molecule has 0 aromatic carbocycles. The second-order valence-corrected chi connectivity index (χ2v) is 4.68. The van der Waals surface area contributed by atoms with E-state index >= 15 is 0 Å². The molecule has 1 aromatic rings. The maximum absolute atomic E-state index is 11.4. The third-order valence-electron chi connectivity index (χ3n) is 1.70. The number of carbonyl (C=O) groups excluding carboxylic acids is 2. The third kappa shape index (κ3) is 5.00. The van der Waals surface area contributed by atoms with E-state index in [4.69, 9.17) is 5.73 Å². The maximum Gasteiger partial charge on any atom is 0.321 e. The van der Waals surface area contributed by atoms with E-state index in [1.165, 1.54) is 12.4 Å². The van der Waals surface area contributed by atoms with Crippen molar-refractivity contribution >= 4 is 29.5 Å². The number of nitrogen functional groups attached to an aromatic ring is 1. The number of hydrogen-bond acceptors (Lipinski definition) is 6. The minimum atomic E-state index is -0.511. The van der Waals surface area contributed by atoms with Gasteiger partial charge in [-0.3, -0.25) is 10.1 Å². The molecule has 98 valence electrons. The standard InChI is InChI=1S/C10H15N5O2S/c1-6(2)14-10(17)15-7(16)5-18-9-8(11)12-3-4-13-9/h3-4,6H,5H2,1-2H3,(H2,11,12)(H2,14,15,16,17). The molecule has 0 atom stereocenters. The van der Waals surface area contributed by atoms with Crippen LogP contribution in [0.1, 0.15) is 13.8 Å². The Morgan fingerprint density at radius 1 is 1.39 bits per heavy atom. The lowest BCUT2D eigenvalue weighted by molar-refractivity contribution is -0.117. The van der Waals surface area contributed by atoms with Crippen LogP contribution in [0.25, 0.3) is 0 Å². The minimum absolute atomic E-state index is 0.0268. The Kier molecular flexibility index (Phi) is 5.37. The quantitative estimate of drug-likeness (QED) is 0.682. The number of hydrogen-bond donors (Lipinski definition) is 3. The van der Waals surface area contributed by atoms with E-state index in [9.17, 15) is 9.59 Å². The summed E-state index contributed by atoms with van der Waals surface area (Å²) in [6, 6.07) is -0.538. The molecule has 3 amide bonds. The first-order valence-corrected chi connectivity index (χ1v) is 6.27. The molecule has 18 heavy (non-hydrogen) atoms. The molecule has 1 heterocycles. The lowest BCUT2D eigenvalue weighted by Gasteiger charge is -2.08. The van der Waals surface area contributed by atoms with E-state index in [0.717, 1.165) is 11.8 Å². The lowest BCUT2D eigenvalue weighted by atomic mass is 10.4. The summed E-state index contributed by atoms with van der Waals surface area (Å²) >= 11 is 1.13. The summed E-state index contributed by atoms with van der Waals surface area (Å²) in [4.78, 5) is 30.5. The van der Waals surface area contributed by atoms with Crippen LogP contribution in [0.2, 0.25) is 0 Å². The molecule has 1 aromatic heterocycles. The van der Waals surface area contributed by atoms with Crippen molar-refractivity contribution in [2.24, 2.45) is 0 Å². The second kappa shape index (κ2) is 6.80. The van der Waals surface area contributed by atoms with E-state index in [2.05, 4.69) is 20.6 Å². The fourth-order valence-corrected chi connectivity index (χ4v) is 1.72. The van der Waals surface area contributed by atoms with Crippen molar-refractivity contribution < 1.29 is 9.59 Å². The van der Waals surface area contributed by atoms with Crippen LogP contribution in [0.5, 0.6) is 0 Å². The van der Waals surface area contributed by atoms with Gasteiger partial charge < -0.3 is 11.1 Å². The highest BCUT2D eigenvalue weighted by molar-refractivity contribution is 8.00. The van der Waals surface area contributed by atoms with Gasteiger partial charge in [-0.05, 0) is 13.8 Å². The van der Waals surface area contributed by atoms with Crippen LogP contribution in [0.4, 0.5) is 10.6 Å². The second-order valence-electron chi connectivity index (χ2n) is 3.71. The van der Waals surface area contributed by atoms with Crippen LogP contribution in [0.15, 0.2) is 17.4 Å². The Bertz CT molecular complexity index is 438. The molecular weight excluding hydrogens is 254 g/mol. The van der Waals surface area contributed by atoms with Gasteiger partial charge in [0.25, 0.3) is 0 Å². The van der Waals surface area contributed by atoms with Crippen molar-refractivity contribution in [3.63, 3.8) is 0 Å². The number of urea groups is 1. The number of nitrogens with two attached hydrogens (primary N) is 1. The van der Waals surface area contributed by atoms with E-state index < -0.39 is 11.9 Å². The predicted octanol–water partition coefficient (Wildman–Crippen LogP) is 0.385. The molecule has 8 heteroatoms. The fraction of sp³-hybridized carbons (Fsp3) is 0.400. The topological polar surface area (TPSA) is 110 Å². The van der Waals surface area contributed by atoms with Crippen LogP contribution < -0.4 is 16.4 Å². The fourth-order valence-electron chi connectivity index (χ4n) is 1.04. The zero-order valence-corrected chi connectivity index (χ0v) is 11.0. The first kappa shape index (κ1) is 14.2. The molecule has 4 N–H and O–H groups in total. The van der Waals surface area contributed by atoms with Gasteiger partial charge in [-0.25, -0.2) is 14.8 Å². The average molecular weight is 269 g/mol. The van der Waals surface area contributed by atoms with Crippen molar-refractivity contribution in [1.82, 2.24) is 20.6 Å². The van der Waals surface area contributed by atoms with Crippen LogP contribution in [-0.4, -0.2) is 33.7 Å². The summed E-state index contributed by atoms with van der Waals surface area (Å²) in [7, 11) is 0. The third-order valence-corrected chi connectivity index (χ3v) is 2.70. The smallest absolute Gasteiger partial charge is 0.321 e. The molecule has 0 radical (unpaired) electrons. The molecule has 0 saturated heterocycles. The van der Waals surface area contributed by atoms with Gasteiger partial charge in [-0.1, -0.05) is 11.8 Å². The molecule has 0 fully saturated rings. The maximum atomic E-state index is 11.4. The number of rotatable bonds is 4.